The fourth-order valence-electron chi connectivity index (χ4n) is 7.58. The van der Waals surface area contributed by atoms with Crippen LogP contribution in [0.15, 0.2) is 91.4 Å². The van der Waals surface area contributed by atoms with Crippen LogP contribution in [-0.4, -0.2) is 87.4 Å². The van der Waals surface area contributed by atoms with E-state index >= 15 is 0 Å². The lowest BCUT2D eigenvalue weighted by Crippen LogP contribution is -2.68. The van der Waals surface area contributed by atoms with Crippen molar-refractivity contribution in [3.05, 3.63) is 103 Å². The summed E-state index contributed by atoms with van der Waals surface area (Å²) in [6.07, 6.45) is 6.54. The first-order valence-electron chi connectivity index (χ1n) is 17.5. The minimum absolute atomic E-state index is 0.254. The number of carbonyl (C=O) groups excluding carboxylic acids is 1. The van der Waals surface area contributed by atoms with E-state index in [-0.39, 0.29) is 6.09 Å². The van der Waals surface area contributed by atoms with Gasteiger partial charge in [0.15, 0.2) is 0 Å². The largest absolute Gasteiger partial charge is 0.444 e. The number of piperidine rings is 1. The summed E-state index contributed by atoms with van der Waals surface area (Å²) in [5.41, 5.74) is 7.22. The third kappa shape index (κ3) is 6.25. The highest BCUT2D eigenvalue weighted by Gasteiger charge is 2.44. The van der Waals surface area contributed by atoms with Crippen molar-refractivity contribution in [2.45, 2.75) is 51.4 Å². The lowest BCUT2D eigenvalue weighted by atomic mass is 9.86. The van der Waals surface area contributed by atoms with Crippen LogP contribution in [0.2, 0.25) is 0 Å². The maximum absolute atomic E-state index is 12.5. The maximum atomic E-state index is 12.5. The molecular formula is C40H42N8O2. The zero-order chi connectivity index (χ0) is 34.4. The van der Waals surface area contributed by atoms with Crippen LogP contribution in [0.4, 0.5) is 16.3 Å². The van der Waals surface area contributed by atoms with Gasteiger partial charge in [0.1, 0.15) is 17.5 Å². The molecule has 2 aromatic carbocycles. The Morgan fingerprint density at radius 3 is 2.26 bits per heavy atom. The van der Waals surface area contributed by atoms with Gasteiger partial charge in [-0.3, -0.25) is 4.90 Å². The first-order valence-corrected chi connectivity index (χ1v) is 17.5. The lowest BCUT2D eigenvalue weighted by Gasteiger charge is -2.56. The highest BCUT2D eigenvalue weighted by Crippen LogP contribution is 2.37. The number of hydrogen-bond donors (Lipinski definition) is 0. The molecule has 2 unspecified atom stereocenters. The first kappa shape index (κ1) is 31.8. The van der Waals surface area contributed by atoms with Gasteiger partial charge in [-0.25, -0.2) is 14.3 Å². The Balaban J connectivity index is 0.983. The fourth-order valence-corrected chi connectivity index (χ4v) is 7.58. The van der Waals surface area contributed by atoms with Crippen LogP contribution >= 0.6 is 0 Å². The van der Waals surface area contributed by atoms with E-state index in [9.17, 15) is 10.1 Å². The first-order chi connectivity index (χ1) is 24.2. The summed E-state index contributed by atoms with van der Waals surface area (Å²) in [5.74, 6) is 0.992. The Morgan fingerprint density at radius 1 is 0.880 bits per heavy atom. The molecule has 3 aromatic heterocycles. The van der Waals surface area contributed by atoms with Crippen molar-refractivity contribution in [1.29, 1.82) is 5.26 Å². The predicted molar refractivity (Wildman–Crippen MR) is 195 cm³/mol. The van der Waals surface area contributed by atoms with Crippen LogP contribution in [0, 0.1) is 11.3 Å². The van der Waals surface area contributed by atoms with Gasteiger partial charge >= 0.3 is 6.09 Å². The number of hydrogen-bond acceptors (Lipinski definition) is 8. The number of carbonyl (C=O) groups is 1. The topological polar surface area (TPSA) is 93.2 Å². The van der Waals surface area contributed by atoms with Gasteiger partial charge in [0.2, 0.25) is 0 Å². The minimum Gasteiger partial charge on any atom is -0.444 e. The monoisotopic (exact) mass is 666 g/mol. The predicted octanol–water partition coefficient (Wildman–Crippen LogP) is 6.46. The number of rotatable bonds is 6. The van der Waals surface area contributed by atoms with Crippen LogP contribution < -0.4 is 9.80 Å². The number of pyridine rings is 2. The zero-order valence-electron chi connectivity index (χ0n) is 28.9. The van der Waals surface area contributed by atoms with Crippen LogP contribution in [-0.2, 0) is 11.3 Å². The number of fused-ring (bicyclic) bond motifs is 3. The minimum atomic E-state index is -0.501. The SMILES string of the molecule is CC(C)(C)OC(=O)N1CCN(c2ccc(-c3cc(-c4ccc(N5CC6CC(C5)N6Cc5ccccc5)nc4)c4c(C#N)cnn4c3)cc2)CC1. The quantitative estimate of drug-likeness (QED) is 0.204. The van der Waals surface area contributed by atoms with Gasteiger partial charge in [-0.05, 0) is 68.7 Å². The average Bonchev–Trinajstić information content (AvgIpc) is 3.57. The molecule has 4 saturated heterocycles. The van der Waals surface area contributed by atoms with Crippen LogP contribution in [0.5, 0.6) is 0 Å². The van der Waals surface area contributed by atoms with E-state index in [1.54, 1.807) is 15.6 Å². The molecule has 4 aliphatic rings. The van der Waals surface area contributed by atoms with Crippen molar-refractivity contribution < 1.29 is 9.53 Å². The van der Waals surface area contributed by atoms with Crippen molar-refractivity contribution in [1.82, 2.24) is 24.4 Å². The van der Waals surface area contributed by atoms with E-state index in [4.69, 9.17) is 9.72 Å². The molecule has 50 heavy (non-hydrogen) atoms. The van der Waals surface area contributed by atoms with Crippen molar-refractivity contribution in [3.8, 4) is 28.3 Å². The Hall–Kier alpha value is -5.40. The standard InChI is InChI=1S/C40H42N8O2/c1-40(2,3)50-39(49)45-17-15-44(16-18-45)33-12-9-29(10-13-33)31-19-36(38-32(21-41)23-43-48(38)25-31)30-11-14-37(42-22-30)46-26-34-20-35(27-46)47(34)24-28-7-5-4-6-8-28/h4-14,19,22-23,25,34-35H,15-18,20,24,26-27H2,1-3H3. The number of anilines is 2. The molecule has 4 aliphatic heterocycles. The number of nitrogens with zero attached hydrogens (tertiary/aromatic N) is 8. The van der Waals surface area contributed by atoms with E-state index in [2.05, 4.69) is 98.7 Å². The molecule has 5 aromatic rings. The number of aromatic nitrogens is 3. The second-order valence-electron chi connectivity index (χ2n) is 14.6. The number of piperazine rings is 2. The van der Waals surface area contributed by atoms with Gasteiger partial charge in [-0.1, -0.05) is 42.5 Å². The average molecular weight is 667 g/mol. The normalized spacial score (nSPS) is 19.3. The molecule has 2 atom stereocenters. The van der Waals surface area contributed by atoms with Gasteiger partial charge in [-0.15, -0.1) is 0 Å². The van der Waals surface area contributed by atoms with E-state index < -0.39 is 5.60 Å². The summed E-state index contributed by atoms with van der Waals surface area (Å²) in [4.78, 5) is 26.6. The molecule has 0 saturated carbocycles. The summed E-state index contributed by atoms with van der Waals surface area (Å²) in [6.45, 7) is 11.4. The van der Waals surface area contributed by atoms with Crippen molar-refractivity contribution in [2.24, 2.45) is 0 Å². The van der Waals surface area contributed by atoms with E-state index in [1.165, 1.54) is 12.0 Å². The van der Waals surface area contributed by atoms with Crippen molar-refractivity contribution >= 4 is 23.1 Å². The summed E-state index contributed by atoms with van der Waals surface area (Å²) in [7, 11) is 0. The van der Waals surface area contributed by atoms with E-state index in [0.717, 1.165) is 72.0 Å². The van der Waals surface area contributed by atoms with Crippen LogP contribution in [0.25, 0.3) is 27.8 Å². The Labute approximate surface area is 293 Å². The van der Waals surface area contributed by atoms with Crippen LogP contribution in [0.1, 0.15) is 38.3 Å². The van der Waals surface area contributed by atoms with E-state index in [1.807, 2.05) is 33.2 Å². The fraction of sp³-hybridized carbons (Fsp3) is 0.350. The second-order valence-corrected chi connectivity index (χ2v) is 14.6. The molecule has 10 nitrogen and oxygen atoms in total. The summed E-state index contributed by atoms with van der Waals surface area (Å²) >= 11 is 0. The molecule has 0 radical (unpaired) electrons. The molecule has 0 N–H and O–H groups in total. The molecule has 2 bridgehead atoms. The highest BCUT2D eigenvalue weighted by atomic mass is 16.6. The molecule has 9 rings (SSSR count). The number of nitriles is 1. The molecule has 10 heteroatoms. The van der Waals surface area contributed by atoms with Gasteiger partial charge in [-0.2, -0.15) is 10.4 Å². The van der Waals surface area contributed by atoms with E-state index in [0.29, 0.717) is 30.7 Å². The summed E-state index contributed by atoms with van der Waals surface area (Å²) in [5, 5.41) is 14.5. The number of ether oxygens (including phenoxy) is 1. The number of amides is 1. The van der Waals surface area contributed by atoms with Gasteiger partial charge in [0, 0.05) is 92.7 Å². The maximum Gasteiger partial charge on any atom is 0.410 e. The summed E-state index contributed by atoms with van der Waals surface area (Å²) < 4.78 is 7.36. The zero-order valence-corrected chi connectivity index (χ0v) is 28.9. The Bertz CT molecular complexity index is 2030. The van der Waals surface area contributed by atoms with Gasteiger partial charge in [0.25, 0.3) is 0 Å². The molecule has 1 amide bonds. The smallest absolute Gasteiger partial charge is 0.410 e. The third-order valence-electron chi connectivity index (χ3n) is 10.2. The number of benzene rings is 2. The molecule has 7 heterocycles. The molecule has 4 fully saturated rings. The highest BCUT2D eigenvalue weighted by molar-refractivity contribution is 5.87. The summed E-state index contributed by atoms with van der Waals surface area (Å²) in [6, 6.07) is 29.0. The van der Waals surface area contributed by atoms with Gasteiger partial charge in [0.05, 0.1) is 17.3 Å². The van der Waals surface area contributed by atoms with Crippen LogP contribution in [0.3, 0.4) is 0 Å². The lowest BCUT2D eigenvalue weighted by molar-refractivity contribution is -0.00868. The molecule has 0 aliphatic carbocycles. The second kappa shape index (κ2) is 12.8. The Morgan fingerprint density at radius 2 is 1.60 bits per heavy atom. The molecule has 254 valence electrons. The van der Waals surface area contributed by atoms with Crippen molar-refractivity contribution in [3.63, 3.8) is 0 Å². The van der Waals surface area contributed by atoms with Crippen molar-refractivity contribution in [2.75, 3.05) is 49.1 Å². The molecule has 0 spiro atoms. The molecular weight excluding hydrogens is 624 g/mol. The third-order valence-corrected chi connectivity index (χ3v) is 10.2. The van der Waals surface area contributed by atoms with Gasteiger partial charge < -0.3 is 19.4 Å². The Kier molecular flexibility index (Phi) is 8.16.